The zero-order valence-electron chi connectivity index (χ0n) is 9.39. The molecule has 0 saturated carbocycles. The first-order valence-electron chi connectivity index (χ1n) is 5.24. The summed E-state index contributed by atoms with van der Waals surface area (Å²) in [7, 11) is 0. The normalized spacial score (nSPS) is 10.6. The van der Waals surface area contributed by atoms with E-state index in [4.69, 9.17) is 23.2 Å². The highest BCUT2D eigenvalue weighted by molar-refractivity contribution is 6.42. The second-order valence-corrected chi connectivity index (χ2v) is 4.92. The molecule has 1 aromatic carbocycles. The van der Waals surface area contributed by atoms with Crippen LogP contribution in [-0.4, -0.2) is 5.91 Å². The Morgan fingerprint density at radius 3 is 2.56 bits per heavy atom. The van der Waals surface area contributed by atoms with Crippen molar-refractivity contribution < 1.29 is 4.79 Å². The number of nitrogens with one attached hydrogen (secondary N) is 1. The van der Waals surface area contributed by atoms with Crippen molar-refractivity contribution in [2.24, 2.45) is 5.92 Å². The number of halogens is 2. The Kier molecular flexibility index (Phi) is 5.10. The maximum absolute atomic E-state index is 11.5. The Balaban J connectivity index is 2.53. The largest absolute Gasteiger partial charge is 0.326 e. The number of anilines is 1. The van der Waals surface area contributed by atoms with Crippen molar-refractivity contribution in [1.82, 2.24) is 0 Å². The van der Waals surface area contributed by atoms with Crippen molar-refractivity contribution in [3.05, 3.63) is 28.2 Å². The van der Waals surface area contributed by atoms with Crippen LogP contribution >= 0.6 is 23.2 Å². The van der Waals surface area contributed by atoms with Gasteiger partial charge in [-0.05, 0) is 30.5 Å². The number of hydrogen-bond donors (Lipinski definition) is 1. The summed E-state index contributed by atoms with van der Waals surface area (Å²) < 4.78 is 0. The molecule has 1 rings (SSSR count). The number of benzene rings is 1. The maximum Gasteiger partial charge on any atom is 0.224 e. The Bertz CT molecular complexity index is 377. The maximum atomic E-state index is 11.5. The van der Waals surface area contributed by atoms with Crippen LogP contribution in [0, 0.1) is 5.92 Å². The Labute approximate surface area is 106 Å². The van der Waals surface area contributed by atoms with E-state index in [-0.39, 0.29) is 5.91 Å². The fourth-order valence-corrected chi connectivity index (χ4v) is 1.52. The zero-order chi connectivity index (χ0) is 12.1. The predicted molar refractivity (Wildman–Crippen MR) is 69.2 cm³/mol. The Morgan fingerprint density at radius 2 is 2.00 bits per heavy atom. The van der Waals surface area contributed by atoms with Crippen LogP contribution in [0.1, 0.15) is 26.7 Å². The lowest BCUT2D eigenvalue weighted by Crippen LogP contribution is -2.12. The van der Waals surface area contributed by atoms with Gasteiger partial charge in [-0.2, -0.15) is 0 Å². The van der Waals surface area contributed by atoms with Gasteiger partial charge in [0.15, 0.2) is 0 Å². The van der Waals surface area contributed by atoms with Crippen molar-refractivity contribution in [3.8, 4) is 0 Å². The van der Waals surface area contributed by atoms with Gasteiger partial charge in [0.05, 0.1) is 10.0 Å². The molecule has 0 spiro atoms. The molecule has 1 amide bonds. The zero-order valence-corrected chi connectivity index (χ0v) is 10.9. The van der Waals surface area contributed by atoms with Gasteiger partial charge in [-0.25, -0.2) is 0 Å². The van der Waals surface area contributed by atoms with Crippen LogP contribution in [0.4, 0.5) is 5.69 Å². The lowest BCUT2D eigenvalue weighted by atomic mass is 10.1. The smallest absolute Gasteiger partial charge is 0.224 e. The number of carbonyl (C=O) groups is 1. The molecule has 4 heteroatoms. The van der Waals surface area contributed by atoms with Gasteiger partial charge in [-0.1, -0.05) is 37.0 Å². The number of hydrogen-bond acceptors (Lipinski definition) is 1. The monoisotopic (exact) mass is 259 g/mol. The van der Waals surface area contributed by atoms with Gasteiger partial charge < -0.3 is 5.32 Å². The summed E-state index contributed by atoms with van der Waals surface area (Å²) in [6.45, 7) is 4.18. The van der Waals surface area contributed by atoms with Crippen molar-refractivity contribution in [3.63, 3.8) is 0 Å². The Morgan fingerprint density at radius 1 is 1.31 bits per heavy atom. The molecule has 0 aliphatic carbocycles. The molecule has 1 aromatic rings. The summed E-state index contributed by atoms with van der Waals surface area (Å²) >= 11 is 11.6. The molecule has 0 radical (unpaired) electrons. The molecule has 16 heavy (non-hydrogen) atoms. The van der Waals surface area contributed by atoms with Crippen LogP contribution in [0.15, 0.2) is 18.2 Å². The quantitative estimate of drug-likeness (QED) is 0.855. The molecular weight excluding hydrogens is 245 g/mol. The second kappa shape index (κ2) is 6.12. The molecule has 0 bridgehead atoms. The lowest BCUT2D eigenvalue weighted by Gasteiger charge is -2.07. The molecule has 1 N–H and O–H groups in total. The van der Waals surface area contributed by atoms with Crippen molar-refractivity contribution >= 4 is 34.8 Å². The standard InChI is InChI=1S/C12H15Cl2NO/c1-8(2)3-6-12(16)15-9-4-5-10(13)11(14)7-9/h4-5,7-8H,3,6H2,1-2H3,(H,15,16). The van der Waals surface area contributed by atoms with E-state index >= 15 is 0 Å². The minimum Gasteiger partial charge on any atom is -0.326 e. The second-order valence-electron chi connectivity index (χ2n) is 4.11. The first kappa shape index (κ1) is 13.3. The summed E-state index contributed by atoms with van der Waals surface area (Å²) in [6.07, 6.45) is 1.41. The van der Waals surface area contributed by atoms with Crippen molar-refractivity contribution in [2.45, 2.75) is 26.7 Å². The topological polar surface area (TPSA) is 29.1 Å². The van der Waals surface area contributed by atoms with Crippen LogP contribution in [0.3, 0.4) is 0 Å². The van der Waals surface area contributed by atoms with Gasteiger partial charge in [0.1, 0.15) is 0 Å². The van der Waals surface area contributed by atoms with Crippen LogP contribution in [-0.2, 0) is 4.79 Å². The molecule has 0 aliphatic rings. The van der Waals surface area contributed by atoms with E-state index in [1.807, 2.05) is 0 Å². The van der Waals surface area contributed by atoms with E-state index in [0.29, 0.717) is 28.1 Å². The van der Waals surface area contributed by atoms with Crippen LogP contribution in [0.25, 0.3) is 0 Å². The van der Waals surface area contributed by atoms with E-state index in [1.54, 1.807) is 18.2 Å². The molecule has 0 heterocycles. The van der Waals surface area contributed by atoms with Gasteiger partial charge in [-0.15, -0.1) is 0 Å². The fraction of sp³-hybridized carbons (Fsp3) is 0.417. The highest BCUT2D eigenvalue weighted by atomic mass is 35.5. The first-order valence-corrected chi connectivity index (χ1v) is 5.99. The van der Waals surface area contributed by atoms with E-state index in [0.717, 1.165) is 6.42 Å². The van der Waals surface area contributed by atoms with Crippen molar-refractivity contribution in [2.75, 3.05) is 5.32 Å². The van der Waals surface area contributed by atoms with E-state index in [2.05, 4.69) is 19.2 Å². The third-order valence-corrected chi connectivity index (χ3v) is 2.89. The van der Waals surface area contributed by atoms with E-state index in [1.165, 1.54) is 0 Å². The average Bonchev–Trinajstić information content (AvgIpc) is 2.21. The molecule has 0 aliphatic heterocycles. The summed E-state index contributed by atoms with van der Waals surface area (Å²) in [5.41, 5.74) is 0.683. The van der Waals surface area contributed by atoms with Crippen LogP contribution < -0.4 is 5.32 Å². The van der Waals surface area contributed by atoms with E-state index < -0.39 is 0 Å². The minimum absolute atomic E-state index is 0.00656. The van der Waals surface area contributed by atoms with Crippen LogP contribution in [0.5, 0.6) is 0 Å². The molecule has 0 atom stereocenters. The van der Waals surface area contributed by atoms with Gasteiger partial charge in [0.25, 0.3) is 0 Å². The SMILES string of the molecule is CC(C)CCC(=O)Nc1ccc(Cl)c(Cl)c1. The molecule has 0 saturated heterocycles. The molecule has 88 valence electrons. The fourth-order valence-electron chi connectivity index (χ4n) is 1.22. The Hall–Kier alpha value is -0.730. The summed E-state index contributed by atoms with van der Waals surface area (Å²) in [6, 6.07) is 5.06. The number of rotatable bonds is 4. The van der Waals surface area contributed by atoms with E-state index in [9.17, 15) is 4.79 Å². The highest BCUT2D eigenvalue weighted by Crippen LogP contribution is 2.25. The first-order chi connectivity index (χ1) is 7.49. The lowest BCUT2D eigenvalue weighted by molar-refractivity contribution is -0.116. The number of amides is 1. The summed E-state index contributed by atoms with van der Waals surface area (Å²) in [5, 5.41) is 3.72. The minimum atomic E-state index is 0.00656. The predicted octanol–water partition coefficient (Wildman–Crippen LogP) is 4.37. The third-order valence-electron chi connectivity index (χ3n) is 2.15. The third kappa shape index (κ3) is 4.42. The van der Waals surface area contributed by atoms with Gasteiger partial charge in [0, 0.05) is 12.1 Å². The molecule has 0 fully saturated rings. The van der Waals surface area contributed by atoms with Crippen molar-refractivity contribution in [1.29, 1.82) is 0 Å². The van der Waals surface area contributed by atoms with Gasteiger partial charge in [-0.3, -0.25) is 4.79 Å². The highest BCUT2D eigenvalue weighted by Gasteiger charge is 2.05. The molecule has 2 nitrogen and oxygen atoms in total. The van der Waals surface area contributed by atoms with Gasteiger partial charge >= 0.3 is 0 Å². The summed E-state index contributed by atoms with van der Waals surface area (Å²) in [5.74, 6) is 0.534. The van der Waals surface area contributed by atoms with Gasteiger partial charge in [0.2, 0.25) is 5.91 Å². The number of carbonyl (C=O) groups excluding carboxylic acids is 1. The van der Waals surface area contributed by atoms with Crippen LogP contribution in [0.2, 0.25) is 10.0 Å². The molecule has 0 unspecified atom stereocenters. The molecule has 0 aromatic heterocycles. The average molecular weight is 260 g/mol. The summed E-state index contributed by atoms with van der Waals surface area (Å²) in [4.78, 5) is 11.5. The molecular formula is C12H15Cl2NO.